The van der Waals surface area contributed by atoms with Gasteiger partial charge in [-0.15, -0.1) is 0 Å². The van der Waals surface area contributed by atoms with Crippen LogP contribution in [0.15, 0.2) is 59.5 Å². The number of ether oxygens (including phenoxy) is 1. The van der Waals surface area contributed by atoms with Crippen molar-refractivity contribution in [2.24, 2.45) is 5.92 Å². The summed E-state index contributed by atoms with van der Waals surface area (Å²) in [5.74, 6) is -1.98. The molecule has 2 atom stereocenters. The second-order valence-electron chi connectivity index (χ2n) is 8.30. The molecule has 1 saturated heterocycles. The highest BCUT2D eigenvalue weighted by atomic mass is 32.2. The third kappa shape index (κ3) is 5.02. The van der Waals surface area contributed by atoms with Crippen LogP contribution in [0.3, 0.4) is 0 Å². The van der Waals surface area contributed by atoms with Crippen molar-refractivity contribution in [1.29, 1.82) is 0 Å². The summed E-state index contributed by atoms with van der Waals surface area (Å²) in [5.41, 5.74) is 2.72. The third-order valence-electron chi connectivity index (χ3n) is 5.85. The zero-order valence-electron chi connectivity index (χ0n) is 18.8. The Balaban J connectivity index is 1.46. The Morgan fingerprint density at radius 2 is 1.85 bits per heavy atom. The minimum Gasteiger partial charge on any atom is -0.489 e. The maximum absolute atomic E-state index is 12.9. The molecule has 2 N–H and O–H groups in total. The number of aromatic nitrogens is 1. The van der Waals surface area contributed by atoms with E-state index >= 15 is 0 Å². The van der Waals surface area contributed by atoms with E-state index in [-0.39, 0.29) is 30.5 Å². The van der Waals surface area contributed by atoms with Gasteiger partial charge in [-0.05, 0) is 43.3 Å². The zero-order chi connectivity index (χ0) is 24.5. The normalized spacial score (nSPS) is 18.2. The predicted octanol–water partition coefficient (Wildman–Crippen LogP) is 2.33. The number of hydrogen-bond acceptors (Lipinski definition) is 6. The molecule has 0 saturated carbocycles. The first kappa shape index (κ1) is 23.7. The number of carbonyl (C=O) groups excluding carboxylic acids is 1. The number of fused-ring (bicyclic) bond motifs is 1. The van der Waals surface area contributed by atoms with Crippen LogP contribution in [0.2, 0.25) is 0 Å². The molecule has 2 heterocycles. The van der Waals surface area contributed by atoms with Gasteiger partial charge in [0.2, 0.25) is 15.9 Å². The van der Waals surface area contributed by atoms with E-state index in [1.165, 1.54) is 24.0 Å². The Hall–Kier alpha value is -3.50. The fourth-order valence-electron chi connectivity index (χ4n) is 4.09. The van der Waals surface area contributed by atoms with E-state index in [1.54, 1.807) is 12.1 Å². The molecule has 0 bridgehead atoms. The molecule has 1 fully saturated rings. The molecule has 1 aliphatic rings. The zero-order valence-corrected chi connectivity index (χ0v) is 19.6. The number of nitrogens with one attached hydrogen (secondary N) is 1. The quantitative estimate of drug-likeness (QED) is 0.528. The molecule has 0 radical (unpaired) electrons. The Morgan fingerprint density at radius 3 is 2.53 bits per heavy atom. The lowest BCUT2D eigenvalue weighted by Crippen LogP contribution is -2.43. The molecule has 0 unspecified atom stereocenters. The van der Waals surface area contributed by atoms with Crippen LogP contribution in [0.4, 0.5) is 0 Å². The highest BCUT2D eigenvalue weighted by Gasteiger charge is 2.41. The molecule has 0 aliphatic carbocycles. The Bertz CT molecular complexity index is 1340. The summed E-state index contributed by atoms with van der Waals surface area (Å²) in [6.07, 6.45) is 0. The van der Waals surface area contributed by atoms with Crippen molar-refractivity contribution in [1.82, 2.24) is 14.6 Å². The molecule has 9 nitrogen and oxygen atoms in total. The number of pyridine rings is 1. The fourth-order valence-corrected chi connectivity index (χ4v) is 5.36. The molecule has 0 spiro atoms. The lowest BCUT2D eigenvalue weighted by Gasteiger charge is -2.17. The smallest absolute Gasteiger partial charge is 0.310 e. The number of likely N-dealkylation sites (tertiary alicyclic amines) is 1. The Morgan fingerprint density at radius 1 is 1.15 bits per heavy atom. The summed E-state index contributed by atoms with van der Waals surface area (Å²) in [6.45, 7) is 3.50. The molecule has 34 heavy (non-hydrogen) atoms. The van der Waals surface area contributed by atoms with Crippen molar-refractivity contribution in [2.75, 3.05) is 13.1 Å². The van der Waals surface area contributed by atoms with Gasteiger partial charge in [-0.3, -0.25) is 14.6 Å². The number of aliphatic carboxylic acids is 1. The van der Waals surface area contributed by atoms with E-state index in [4.69, 9.17) is 4.74 Å². The lowest BCUT2D eigenvalue weighted by atomic mass is 10.1. The van der Waals surface area contributed by atoms with Gasteiger partial charge < -0.3 is 14.7 Å². The number of hydrogen-bond donors (Lipinski definition) is 2. The summed E-state index contributed by atoms with van der Waals surface area (Å²) >= 11 is 0. The summed E-state index contributed by atoms with van der Waals surface area (Å²) in [4.78, 5) is 29.0. The number of carboxylic acid groups (broad SMARTS) is 1. The van der Waals surface area contributed by atoms with Crippen LogP contribution < -0.4 is 9.46 Å². The van der Waals surface area contributed by atoms with E-state index in [0.29, 0.717) is 5.75 Å². The van der Waals surface area contributed by atoms with Gasteiger partial charge in [-0.1, -0.05) is 18.2 Å². The third-order valence-corrected chi connectivity index (χ3v) is 7.35. The number of rotatable bonds is 7. The van der Waals surface area contributed by atoms with Crippen LogP contribution in [0.25, 0.3) is 10.9 Å². The first-order valence-electron chi connectivity index (χ1n) is 10.7. The SMILES string of the molecule is CC(=O)N1C[C@H](NS(=O)(=O)c2ccc(OCc3cc(C)nc4ccccc34)cc2)[C@H](C(=O)O)C1. The largest absolute Gasteiger partial charge is 0.489 e. The molecule has 4 rings (SSSR count). The van der Waals surface area contributed by atoms with Gasteiger partial charge in [0.05, 0.1) is 22.4 Å². The van der Waals surface area contributed by atoms with Crippen LogP contribution >= 0.6 is 0 Å². The van der Waals surface area contributed by atoms with Crippen molar-refractivity contribution >= 4 is 32.8 Å². The van der Waals surface area contributed by atoms with E-state index in [9.17, 15) is 23.1 Å². The fraction of sp³-hybridized carbons (Fsp3) is 0.292. The van der Waals surface area contributed by atoms with Crippen LogP contribution in [-0.2, 0) is 26.2 Å². The molecular weight excluding hydrogens is 458 g/mol. The topological polar surface area (TPSA) is 126 Å². The standard InChI is InChI=1S/C24H25N3O6S/c1-15-11-17(20-5-3-4-6-22(20)25-15)14-33-18-7-9-19(10-8-18)34(31,32)26-23-13-27(16(2)28)12-21(23)24(29)30/h3-11,21,23,26H,12-14H2,1-2H3,(H,29,30)/t21-,23+/m1/s1. The minimum absolute atomic E-state index is 0.00598. The van der Waals surface area contributed by atoms with Crippen molar-refractivity contribution in [3.05, 3.63) is 65.9 Å². The number of sulfonamides is 1. The van der Waals surface area contributed by atoms with Crippen LogP contribution in [-0.4, -0.2) is 54.4 Å². The molecule has 2 aromatic carbocycles. The van der Waals surface area contributed by atoms with Crippen LogP contribution in [0.5, 0.6) is 5.75 Å². The lowest BCUT2D eigenvalue weighted by molar-refractivity contribution is -0.141. The molecule has 178 valence electrons. The second kappa shape index (κ2) is 9.40. The average molecular weight is 484 g/mol. The monoisotopic (exact) mass is 483 g/mol. The van der Waals surface area contributed by atoms with Gasteiger partial charge >= 0.3 is 5.97 Å². The molecule has 3 aromatic rings. The van der Waals surface area contributed by atoms with Crippen molar-refractivity contribution in [3.8, 4) is 5.75 Å². The number of carbonyl (C=O) groups is 2. The number of nitrogens with zero attached hydrogens (tertiary/aromatic N) is 2. The molecule has 1 aliphatic heterocycles. The highest BCUT2D eigenvalue weighted by Crippen LogP contribution is 2.23. The Labute approximate surface area is 197 Å². The number of benzene rings is 2. The van der Waals surface area contributed by atoms with Crippen LogP contribution in [0.1, 0.15) is 18.2 Å². The Kier molecular flexibility index (Phi) is 6.54. The first-order chi connectivity index (χ1) is 16.1. The number of para-hydroxylation sites is 1. The summed E-state index contributed by atoms with van der Waals surface area (Å²) in [5, 5.41) is 10.4. The van der Waals surface area contributed by atoms with E-state index in [2.05, 4.69) is 9.71 Å². The van der Waals surface area contributed by atoms with Crippen molar-refractivity contribution < 1.29 is 27.9 Å². The summed E-state index contributed by atoms with van der Waals surface area (Å²) in [6, 6.07) is 14.7. The highest BCUT2D eigenvalue weighted by molar-refractivity contribution is 7.89. The average Bonchev–Trinajstić information content (AvgIpc) is 3.21. The molecule has 1 amide bonds. The van der Waals surface area contributed by atoms with Gasteiger partial charge in [-0.2, -0.15) is 0 Å². The maximum atomic E-state index is 12.9. The van der Waals surface area contributed by atoms with Crippen molar-refractivity contribution in [2.45, 2.75) is 31.4 Å². The number of amides is 1. The molecule has 1 aromatic heterocycles. The predicted molar refractivity (Wildman–Crippen MR) is 125 cm³/mol. The van der Waals surface area contributed by atoms with Gasteiger partial charge in [-0.25, -0.2) is 13.1 Å². The summed E-state index contributed by atoms with van der Waals surface area (Å²) < 4.78 is 34.0. The van der Waals surface area contributed by atoms with Gasteiger partial charge in [0, 0.05) is 36.7 Å². The number of carboxylic acids is 1. The van der Waals surface area contributed by atoms with E-state index in [0.717, 1.165) is 22.2 Å². The van der Waals surface area contributed by atoms with Crippen LogP contribution in [0, 0.1) is 12.8 Å². The van der Waals surface area contributed by atoms with E-state index < -0.39 is 28.0 Å². The second-order valence-corrected chi connectivity index (χ2v) is 10.0. The molecule has 10 heteroatoms. The van der Waals surface area contributed by atoms with E-state index in [1.807, 2.05) is 37.3 Å². The van der Waals surface area contributed by atoms with Gasteiger partial charge in [0.1, 0.15) is 12.4 Å². The van der Waals surface area contributed by atoms with Crippen molar-refractivity contribution in [3.63, 3.8) is 0 Å². The minimum atomic E-state index is -3.99. The molecular formula is C24H25N3O6S. The summed E-state index contributed by atoms with van der Waals surface area (Å²) in [7, 11) is -3.99. The number of aryl methyl sites for hydroxylation is 1. The first-order valence-corrected chi connectivity index (χ1v) is 12.2. The van der Waals surface area contributed by atoms with Gasteiger partial charge in [0.15, 0.2) is 0 Å². The maximum Gasteiger partial charge on any atom is 0.310 e. The van der Waals surface area contributed by atoms with Gasteiger partial charge in [0.25, 0.3) is 0 Å².